The molecular weight excluding hydrogens is 158 g/mol. The van der Waals surface area contributed by atoms with E-state index in [2.05, 4.69) is 5.32 Å². The smallest absolute Gasteiger partial charge is 0.165 e. The van der Waals surface area contributed by atoms with Crippen molar-refractivity contribution in [3.63, 3.8) is 0 Å². The number of rotatable bonds is 2. The Bertz CT molecular complexity index is 163. The Morgan fingerprint density at radius 2 is 2.08 bits per heavy atom. The van der Waals surface area contributed by atoms with Crippen molar-refractivity contribution in [3.8, 4) is 0 Å². The zero-order valence-electron chi connectivity index (χ0n) is 7.49. The summed E-state index contributed by atoms with van der Waals surface area (Å²) in [5.74, 6) is 0. The molecule has 5 heteroatoms. The summed E-state index contributed by atoms with van der Waals surface area (Å²) in [5, 5.41) is 21.5. The molecule has 5 nitrogen and oxygen atoms in total. The third kappa shape index (κ3) is 1.46. The summed E-state index contributed by atoms with van der Waals surface area (Å²) in [6.07, 6.45) is -1.50. The van der Waals surface area contributed by atoms with Crippen molar-refractivity contribution in [1.82, 2.24) is 10.2 Å². The standard InChI is InChI=1S/C7H17N3O2/c1-7(2)5(11)9-6(12)10(7)4-3-8/h5-6,9,11-12H,3-4,8H2,1-2H3. The molecule has 1 saturated heterocycles. The van der Waals surface area contributed by atoms with E-state index in [0.29, 0.717) is 13.1 Å². The van der Waals surface area contributed by atoms with Crippen LogP contribution >= 0.6 is 0 Å². The van der Waals surface area contributed by atoms with Crippen LogP contribution < -0.4 is 11.1 Å². The molecule has 0 aliphatic carbocycles. The van der Waals surface area contributed by atoms with Gasteiger partial charge in [0, 0.05) is 13.1 Å². The largest absolute Gasteiger partial charge is 0.377 e. The van der Waals surface area contributed by atoms with Crippen molar-refractivity contribution in [2.45, 2.75) is 32.0 Å². The van der Waals surface area contributed by atoms with Gasteiger partial charge in [0.25, 0.3) is 0 Å². The van der Waals surface area contributed by atoms with Gasteiger partial charge in [-0.15, -0.1) is 0 Å². The molecule has 0 saturated carbocycles. The van der Waals surface area contributed by atoms with Gasteiger partial charge < -0.3 is 15.9 Å². The Kier molecular flexibility index (Phi) is 2.70. The number of nitrogens with zero attached hydrogens (tertiary/aromatic N) is 1. The molecular formula is C7H17N3O2. The summed E-state index contributed by atoms with van der Waals surface area (Å²) in [6.45, 7) is 4.75. The Balaban J connectivity index is 2.69. The molecule has 0 amide bonds. The highest BCUT2D eigenvalue weighted by Gasteiger charge is 2.44. The Morgan fingerprint density at radius 3 is 2.42 bits per heavy atom. The van der Waals surface area contributed by atoms with Crippen LogP contribution in [0.2, 0.25) is 0 Å². The lowest BCUT2D eigenvalue weighted by atomic mass is 10.0. The Hall–Kier alpha value is -0.200. The predicted octanol–water partition coefficient (Wildman–Crippen LogP) is -1.78. The quantitative estimate of drug-likeness (QED) is 0.399. The van der Waals surface area contributed by atoms with Gasteiger partial charge in [0.15, 0.2) is 6.35 Å². The average molecular weight is 175 g/mol. The Morgan fingerprint density at radius 1 is 1.50 bits per heavy atom. The van der Waals surface area contributed by atoms with Crippen molar-refractivity contribution >= 4 is 0 Å². The van der Waals surface area contributed by atoms with E-state index in [0.717, 1.165) is 0 Å². The fourth-order valence-corrected chi connectivity index (χ4v) is 1.46. The van der Waals surface area contributed by atoms with E-state index >= 15 is 0 Å². The molecule has 2 unspecified atom stereocenters. The first-order valence-corrected chi connectivity index (χ1v) is 4.09. The van der Waals surface area contributed by atoms with Gasteiger partial charge in [0.1, 0.15) is 6.23 Å². The minimum Gasteiger partial charge on any atom is -0.377 e. The van der Waals surface area contributed by atoms with Crippen LogP contribution in [0.5, 0.6) is 0 Å². The second kappa shape index (κ2) is 3.27. The summed E-state index contributed by atoms with van der Waals surface area (Å²) in [4.78, 5) is 1.73. The lowest BCUT2D eigenvalue weighted by Gasteiger charge is -2.32. The maximum atomic E-state index is 9.47. The first-order chi connectivity index (χ1) is 5.50. The monoisotopic (exact) mass is 175 g/mol. The van der Waals surface area contributed by atoms with Gasteiger partial charge in [0.2, 0.25) is 0 Å². The summed E-state index contributed by atoms with van der Waals surface area (Å²) in [5.41, 5.74) is 4.92. The highest BCUT2D eigenvalue weighted by Crippen LogP contribution is 2.24. The summed E-state index contributed by atoms with van der Waals surface area (Å²) in [7, 11) is 0. The molecule has 0 aromatic heterocycles. The average Bonchev–Trinajstić information content (AvgIpc) is 2.14. The maximum absolute atomic E-state index is 9.47. The van der Waals surface area contributed by atoms with Gasteiger partial charge in [-0.2, -0.15) is 0 Å². The van der Waals surface area contributed by atoms with Crippen molar-refractivity contribution in [1.29, 1.82) is 0 Å². The van der Waals surface area contributed by atoms with E-state index in [1.54, 1.807) is 4.90 Å². The summed E-state index contributed by atoms with van der Waals surface area (Å²) >= 11 is 0. The van der Waals surface area contributed by atoms with Crippen LogP contribution in [-0.2, 0) is 0 Å². The van der Waals surface area contributed by atoms with Gasteiger partial charge in [-0.3, -0.25) is 10.2 Å². The molecule has 0 spiro atoms. The van der Waals surface area contributed by atoms with E-state index in [4.69, 9.17) is 5.73 Å². The predicted molar refractivity (Wildman–Crippen MR) is 45.0 cm³/mol. The second-order valence-electron chi connectivity index (χ2n) is 3.58. The van der Waals surface area contributed by atoms with Crippen LogP contribution in [0.15, 0.2) is 0 Å². The minimum absolute atomic E-state index is 0.460. The third-order valence-electron chi connectivity index (χ3n) is 2.38. The molecule has 0 aromatic carbocycles. The first kappa shape index (κ1) is 9.88. The van der Waals surface area contributed by atoms with Crippen molar-refractivity contribution in [3.05, 3.63) is 0 Å². The highest BCUT2D eigenvalue weighted by atomic mass is 16.3. The van der Waals surface area contributed by atoms with E-state index < -0.39 is 18.1 Å². The molecule has 5 N–H and O–H groups in total. The molecule has 1 fully saturated rings. The van der Waals surface area contributed by atoms with Crippen LogP contribution in [0, 0.1) is 0 Å². The zero-order valence-corrected chi connectivity index (χ0v) is 7.49. The lowest BCUT2D eigenvalue weighted by molar-refractivity contribution is -0.0198. The molecule has 0 aromatic rings. The van der Waals surface area contributed by atoms with E-state index in [-0.39, 0.29) is 0 Å². The first-order valence-electron chi connectivity index (χ1n) is 4.09. The normalized spacial score (nSPS) is 35.8. The summed E-state index contributed by atoms with van der Waals surface area (Å²) < 4.78 is 0. The van der Waals surface area contributed by atoms with Crippen LogP contribution in [0.25, 0.3) is 0 Å². The molecule has 1 aliphatic heterocycles. The molecule has 0 bridgehead atoms. The van der Waals surface area contributed by atoms with Crippen molar-refractivity contribution in [2.75, 3.05) is 13.1 Å². The van der Waals surface area contributed by atoms with Gasteiger partial charge in [-0.25, -0.2) is 0 Å². The molecule has 1 heterocycles. The fraction of sp³-hybridized carbons (Fsp3) is 1.00. The van der Waals surface area contributed by atoms with Gasteiger partial charge >= 0.3 is 0 Å². The van der Waals surface area contributed by atoms with E-state index in [1.165, 1.54) is 0 Å². The van der Waals surface area contributed by atoms with E-state index in [1.807, 2.05) is 13.8 Å². The lowest BCUT2D eigenvalue weighted by Crippen LogP contribution is -2.49. The zero-order chi connectivity index (χ0) is 9.35. The Labute approximate surface area is 72.2 Å². The maximum Gasteiger partial charge on any atom is 0.165 e. The van der Waals surface area contributed by atoms with Gasteiger partial charge in [0.05, 0.1) is 5.54 Å². The number of hydrogen-bond acceptors (Lipinski definition) is 5. The molecule has 0 radical (unpaired) electrons. The summed E-state index contributed by atoms with van der Waals surface area (Å²) in [6, 6.07) is 0. The van der Waals surface area contributed by atoms with E-state index in [9.17, 15) is 10.2 Å². The van der Waals surface area contributed by atoms with Gasteiger partial charge in [-0.05, 0) is 13.8 Å². The number of aliphatic hydroxyl groups is 2. The number of nitrogens with two attached hydrogens (primary N) is 1. The topological polar surface area (TPSA) is 81.8 Å². The van der Waals surface area contributed by atoms with Crippen molar-refractivity contribution in [2.24, 2.45) is 5.73 Å². The SMILES string of the molecule is CC1(C)C(O)NC(O)N1CCN. The number of nitrogens with one attached hydrogen (secondary N) is 1. The molecule has 12 heavy (non-hydrogen) atoms. The van der Waals surface area contributed by atoms with Crippen LogP contribution in [0.3, 0.4) is 0 Å². The fourth-order valence-electron chi connectivity index (χ4n) is 1.46. The van der Waals surface area contributed by atoms with Crippen LogP contribution in [0.4, 0.5) is 0 Å². The van der Waals surface area contributed by atoms with Crippen LogP contribution in [-0.4, -0.2) is 46.3 Å². The molecule has 72 valence electrons. The van der Waals surface area contributed by atoms with Crippen molar-refractivity contribution < 1.29 is 10.2 Å². The molecule has 2 atom stereocenters. The number of aliphatic hydroxyl groups excluding tert-OH is 2. The second-order valence-corrected chi connectivity index (χ2v) is 3.58. The minimum atomic E-state index is -0.793. The molecule has 1 aliphatic rings. The third-order valence-corrected chi connectivity index (χ3v) is 2.38. The number of hydrogen-bond donors (Lipinski definition) is 4. The van der Waals surface area contributed by atoms with Gasteiger partial charge in [-0.1, -0.05) is 0 Å². The molecule has 1 rings (SSSR count). The highest BCUT2D eigenvalue weighted by molar-refractivity contribution is 4.94. The van der Waals surface area contributed by atoms with Crippen LogP contribution in [0.1, 0.15) is 13.8 Å².